The molecule has 0 aliphatic heterocycles. The first kappa shape index (κ1) is 23.1. The first-order valence-electron chi connectivity index (χ1n) is 10.5. The number of rotatable bonds is 6. The highest BCUT2D eigenvalue weighted by atomic mass is 32.2. The van der Waals surface area contributed by atoms with Crippen LogP contribution < -0.4 is 10.0 Å². The second kappa shape index (κ2) is 9.06. The van der Waals surface area contributed by atoms with E-state index >= 15 is 0 Å². The Bertz CT molecular complexity index is 1440. The van der Waals surface area contributed by atoms with Crippen molar-refractivity contribution in [2.75, 3.05) is 10.0 Å². The summed E-state index contributed by atoms with van der Waals surface area (Å²) in [6, 6.07) is 17.2. The van der Waals surface area contributed by atoms with Crippen molar-refractivity contribution in [1.82, 2.24) is 19.7 Å². The Morgan fingerprint density at radius 1 is 0.882 bits per heavy atom. The minimum Gasteiger partial charge on any atom is -0.322 e. The zero-order valence-corrected chi connectivity index (χ0v) is 20.0. The lowest BCUT2D eigenvalue weighted by molar-refractivity contribution is 0.102. The summed E-state index contributed by atoms with van der Waals surface area (Å²) < 4.78 is 29.5. The van der Waals surface area contributed by atoms with Gasteiger partial charge in [-0.2, -0.15) is 5.10 Å². The van der Waals surface area contributed by atoms with Crippen LogP contribution in [0.1, 0.15) is 33.1 Å². The lowest BCUT2D eigenvalue weighted by Gasteiger charge is -2.10. The Morgan fingerprint density at radius 2 is 1.50 bits per heavy atom. The van der Waals surface area contributed by atoms with Gasteiger partial charge in [0.25, 0.3) is 15.9 Å². The molecule has 174 valence electrons. The van der Waals surface area contributed by atoms with Gasteiger partial charge in [-0.25, -0.2) is 27.8 Å². The molecule has 0 spiro atoms. The molecule has 9 nitrogen and oxygen atoms in total. The Morgan fingerprint density at radius 3 is 2.12 bits per heavy atom. The molecule has 2 N–H and O–H groups in total. The van der Waals surface area contributed by atoms with Crippen molar-refractivity contribution in [2.24, 2.45) is 0 Å². The standard InChI is InChI=1S/C24H24N6O3S/c1-15-14-16(2)26-24(25-15)29-34(32,33)21-12-10-19(11-13-21)27-23(31)22-17(3)28-30(18(22)4)20-8-6-5-7-9-20/h5-14H,1-4H3,(H,27,31)(H,25,26,29). The molecule has 2 aromatic carbocycles. The highest BCUT2D eigenvalue weighted by Gasteiger charge is 2.20. The van der Waals surface area contributed by atoms with Gasteiger partial charge in [0.1, 0.15) is 0 Å². The Balaban J connectivity index is 1.52. The number of nitrogens with one attached hydrogen (secondary N) is 2. The zero-order valence-electron chi connectivity index (χ0n) is 19.2. The summed E-state index contributed by atoms with van der Waals surface area (Å²) in [7, 11) is -3.89. The number of carbonyl (C=O) groups excluding carboxylic acids is 1. The van der Waals surface area contributed by atoms with Crippen LogP contribution in [-0.2, 0) is 10.0 Å². The maximum atomic E-state index is 13.0. The number of sulfonamides is 1. The smallest absolute Gasteiger partial charge is 0.264 e. The van der Waals surface area contributed by atoms with Crippen molar-refractivity contribution in [3.8, 4) is 5.69 Å². The maximum Gasteiger partial charge on any atom is 0.264 e. The molecule has 34 heavy (non-hydrogen) atoms. The molecule has 0 bridgehead atoms. The largest absolute Gasteiger partial charge is 0.322 e. The number of benzene rings is 2. The summed E-state index contributed by atoms with van der Waals surface area (Å²) in [5.74, 6) is -0.314. The van der Waals surface area contributed by atoms with Crippen molar-refractivity contribution in [2.45, 2.75) is 32.6 Å². The molecule has 0 fully saturated rings. The number of carbonyl (C=O) groups is 1. The molecule has 0 aliphatic rings. The van der Waals surface area contributed by atoms with Crippen LogP contribution in [0, 0.1) is 27.7 Å². The quantitative estimate of drug-likeness (QED) is 0.435. The molecule has 0 atom stereocenters. The van der Waals surface area contributed by atoms with Crippen LogP contribution >= 0.6 is 0 Å². The molecule has 0 unspecified atom stereocenters. The lowest BCUT2D eigenvalue weighted by Crippen LogP contribution is -2.16. The molecule has 10 heteroatoms. The van der Waals surface area contributed by atoms with Crippen molar-refractivity contribution in [3.05, 3.63) is 89.0 Å². The summed E-state index contributed by atoms with van der Waals surface area (Å²) in [6.45, 7) is 7.13. The van der Waals surface area contributed by atoms with E-state index in [-0.39, 0.29) is 16.8 Å². The summed E-state index contributed by atoms with van der Waals surface area (Å²) in [5, 5.41) is 7.31. The van der Waals surface area contributed by atoms with Crippen LogP contribution in [0.25, 0.3) is 5.69 Å². The number of aromatic nitrogens is 4. The number of anilines is 2. The molecule has 2 heterocycles. The fourth-order valence-electron chi connectivity index (χ4n) is 3.65. The van der Waals surface area contributed by atoms with Gasteiger partial charge in [-0.15, -0.1) is 0 Å². The van der Waals surface area contributed by atoms with Gasteiger partial charge in [0.15, 0.2) is 0 Å². The second-order valence-electron chi connectivity index (χ2n) is 7.85. The van der Waals surface area contributed by atoms with Gasteiger partial charge in [-0.3, -0.25) is 4.79 Å². The number of amides is 1. The van der Waals surface area contributed by atoms with Crippen LogP contribution in [0.5, 0.6) is 0 Å². The normalized spacial score (nSPS) is 11.3. The van der Waals surface area contributed by atoms with Crippen LogP contribution in [-0.4, -0.2) is 34.1 Å². The Hall–Kier alpha value is -4.05. The fourth-order valence-corrected chi connectivity index (χ4v) is 4.60. The second-order valence-corrected chi connectivity index (χ2v) is 9.53. The van der Waals surface area contributed by atoms with E-state index in [2.05, 4.69) is 25.1 Å². The fraction of sp³-hybridized carbons (Fsp3) is 0.167. The number of para-hydroxylation sites is 1. The van der Waals surface area contributed by atoms with E-state index in [1.165, 1.54) is 24.3 Å². The minimum atomic E-state index is -3.89. The SMILES string of the molecule is Cc1cc(C)nc(NS(=O)(=O)c2ccc(NC(=O)c3c(C)nn(-c4ccccc4)c3C)cc2)n1. The van der Waals surface area contributed by atoms with E-state index in [0.29, 0.717) is 34.0 Å². The van der Waals surface area contributed by atoms with Gasteiger partial charge in [-0.05, 0) is 70.2 Å². The van der Waals surface area contributed by atoms with Gasteiger partial charge in [0.05, 0.1) is 27.5 Å². The molecule has 0 aliphatic carbocycles. The molecular formula is C24H24N6O3S. The Kier molecular flexibility index (Phi) is 6.16. The average molecular weight is 477 g/mol. The molecule has 0 saturated heterocycles. The maximum absolute atomic E-state index is 13.0. The van der Waals surface area contributed by atoms with E-state index in [0.717, 1.165) is 5.69 Å². The third kappa shape index (κ3) is 4.81. The van der Waals surface area contributed by atoms with Crippen LogP contribution in [0.2, 0.25) is 0 Å². The van der Waals surface area contributed by atoms with Gasteiger partial charge in [-0.1, -0.05) is 18.2 Å². The van der Waals surface area contributed by atoms with E-state index in [1.54, 1.807) is 31.5 Å². The third-order valence-corrected chi connectivity index (χ3v) is 6.49. The first-order valence-corrected chi connectivity index (χ1v) is 12.0. The Labute approximate surface area is 197 Å². The van der Waals surface area contributed by atoms with Gasteiger partial charge in [0, 0.05) is 17.1 Å². The molecule has 4 rings (SSSR count). The van der Waals surface area contributed by atoms with E-state index in [1.807, 2.05) is 37.3 Å². The molecule has 0 radical (unpaired) electrons. The number of hydrogen-bond acceptors (Lipinski definition) is 6. The molecule has 0 saturated carbocycles. The monoisotopic (exact) mass is 476 g/mol. The van der Waals surface area contributed by atoms with Gasteiger partial charge in [0.2, 0.25) is 5.95 Å². The predicted octanol–water partition coefficient (Wildman–Crippen LogP) is 3.95. The van der Waals surface area contributed by atoms with Gasteiger partial charge >= 0.3 is 0 Å². The first-order chi connectivity index (χ1) is 16.1. The summed E-state index contributed by atoms with van der Waals surface area (Å²) in [6.07, 6.45) is 0. The minimum absolute atomic E-state index is 0.0104. The molecule has 4 aromatic rings. The number of nitrogens with zero attached hydrogens (tertiary/aromatic N) is 4. The topological polar surface area (TPSA) is 119 Å². The average Bonchev–Trinajstić information content (AvgIpc) is 3.07. The van der Waals surface area contributed by atoms with Crippen molar-refractivity contribution in [1.29, 1.82) is 0 Å². The van der Waals surface area contributed by atoms with Crippen LogP contribution in [0.3, 0.4) is 0 Å². The van der Waals surface area contributed by atoms with Gasteiger partial charge < -0.3 is 5.32 Å². The number of aryl methyl sites for hydroxylation is 3. The summed E-state index contributed by atoms with van der Waals surface area (Å²) >= 11 is 0. The van der Waals surface area contributed by atoms with Crippen molar-refractivity contribution < 1.29 is 13.2 Å². The van der Waals surface area contributed by atoms with Crippen LogP contribution in [0.15, 0.2) is 65.6 Å². The summed E-state index contributed by atoms with van der Waals surface area (Å²) in [4.78, 5) is 21.2. The van der Waals surface area contributed by atoms with E-state index in [4.69, 9.17) is 0 Å². The van der Waals surface area contributed by atoms with E-state index < -0.39 is 10.0 Å². The van der Waals surface area contributed by atoms with Crippen LogP contribution in [0.4, 0.5) is 11.6 Å². The zero-order chi connectivity index (χ0) is 24.5. The van der Waals surface area contributed by atoms with Crippen molar-refractivity contribution in [3.63, 3.8) is 0 Å². The molecule has 1 amide bonds. The lowest BCUT2D eigenvalue weighted by atomic mass is 10.1. The highest BCUT2D eigenvalue weighted by molar-refractivity contribution is 7.92. The van der Waals surface area contributed by atoms with Crippen molar-refractivity contribution >= 4 is 27.6 Å². The number of hydrogen-bond donors (Lipinski definition) is 2. The third-order valence-electron chi connectivity index (χ3n) is 5.15. The highest BCUT2D eigenvalue weighted by Crippen LogP contribution is 2.21. The molecule has 2 aromatic heterocycles. The summed E-state index contributed by atoms with van der Waals surface area (Å²) in [5.41, 5.74) is 4.40. The molecular weight excluding hydrogens is 452 g/mol. The van der Waals surface area contributed by atoms with E-state index in [9.17, 15) is 13.2 Å². The predicted molar refractivity (Wildman–Crippen MR) is 130 cm³/mol.